The Kier molecular flexibility index (Phi) is 3.20. The summed E-state index contributed by atoms with van der Waals surface area (Å²) in [5, 5.41) is 9.50. The van der Waals surface area contributed by atoms with Crippen LogP contribution in [-0.4, -0.2) is 63.5 Å². The second kappa shape index (κ2) is 5.14. The fraction of sp³-hybridized carbons (Fsp3) is 0.571. The molecule has 1 N–H and O–H groups in total. The van der Waals surface area contributed by atoms with Crippen LogP contribution in [0.1, 0.15) is 12.6 Å². The van der Waals surface area contributed by atoms with Gasteiger partial charge in [0.1, 0.15) is 6.33 Å². The van der Waals surface area contributed by atoms with E-state index < -0.39 is 18.4 Å². The number of aromatic nitrogens is 4. The number of aliphatic hydroxyl groups excluding tert-OH is 1. The molecule has 0 saturated carbocycles. The number of anilines is 1. The molecule has 0 spiro atoms. The molecule has 2 aliphatic rings. The van der Waals surface area contributed by atoms with Crippen molar-refractivity contribution in [2.75, 3.05) is 25.6 Å². The first-order chi connectivity index (χ1) is 11.1. The van der Waals surface area contributed by atoms with Gasteiger partial charge in [-0.2, -0.15) is 0 Å². The lowest BCUT2D eigenvalue weighted by atomic mass is 9.97. The van der Waals surface area contributed by atoms with E-state index in [1.165, 1.54) is 6.33 Å². The maximum absolute atomic E-state index is 11.6. The zero-order valence-corrected chi connectivity index (χ0v) is 12.8. The van der Waals surface area contributed by atoms with Crippen LogP contribution in [-0.2, 0) is 14.3 Å². The standard InChI is InChI=1S/C14H17N5O4/c1-18(2)12-10-13(16-5-15-12)19(6-17-10)14-11-7(3-9(21)23-11)8(4-20)22-14/h5-8,11,14,20H,3-4H2,1-2H3. The van der Waals surface area contributed by atoms with E-state index in [1.807, 2.05) is 19.0 Å². The summed E-state index contributed by atoms with van der Waals surface area (Å²) in [5.74, 6) is 0.287. The molecular formula is C14H17N5O4. The highest BCUT2D eigenvalue weighted by molar-refractivity contribution is 5.83. The molecule has 9 heteroatoms. The van der Waals surface area contributed by atoms with Crippen LogP contribution in [0, 0.1) is 5.92 Å². The van der Waals surface area contributed by atoms with Gasteiger partial charge in [-0.25, -0.2) is 15.0 Å². The van der Waals surface area contributed by atoms with E-state index in [1.54, 1.807) is 10.9 Å². The Morgan fingerprint density at radius 2 is 2.22 bits per heavy atom. The van der Waals surface area contributed by atoms with Gasteiger partial charge in [-0.1, -0.05) is 0 Å². The highest BCUT2D eigenvalue weighted by Gasteiger charge is 2.52. The van der Waals surface area contributed by atoms with Crippen molar-refractivity contribution >= 4 is 23.0 Å². The normalized spacial score (nSPS) is 29.8. The number of rotatable bonds is 3. The summed E-state index contributed by atoms with van der Waals surface area (Å²) in [4.78, 5) is 26.4. The smallest absolute Gasteiger partial charge is 0.306 e. The third kappa shape index (κ3) is 2.07. The summed E-state index contributed by atoms with van der Waals surface area (Å²) >= 11 is 0. The van der Waals surface area contributed by atoms with Crippen LogP contribution >= 0.6 is 0 Å². The number of fused-ring (bicyclic) bond motifs is 2. The van der Waals surface area contributed by atoms with E-state index in [0.29, 0.717) is 17.0 Å². The highest BCUT2D eigenvalue weighted by Crippen LogP contribution is 2.43. The average Bonchev–Trinajstić information content (AvgIpc) is 3.19. The van der Waals surface area contributed by atoms with Gasteiger partial charge in [0, 0.05) is 20.0 Å². The topological polar surface area (TPSA) is 103 Å². The zero-order chi connectivity index (χ0) is 16.1. The van der Waals surface area contributed by atoms with E-state index in [2.05, 4.69) is 15.0 Å². The summed E-state index contributed by atoms with van der Waals surface area (Å²) in [6.45, 7) is -0.154. The van der Waals surface area contributed by atoms with Gasteiger partial charge in [0.25, 0.3) is 0 Å². The summed E-state index contributed by atoms with van der Waals surface area (Å²) in [7, 11) is 3.76. The monoisotopic (exact) mass is 319 g/mol. The van der Waals surface area contributed by atoms with Gasteiger partial charge in [0.15, 0.2) is 29.3 Å². The first-order valence-corrected chi connectivity index (χ1v) is 7.41. The number of nitrogens with zero attached hydrogens (tertiary/aromatic N) is 5. The van der Waals surface area contributed by atoms with Crippen molar-refractivity contribution in [1.82, 2.24) is 19.5 Å². The maximum atomic E-state index is 11.6. The van der Waals surface area contributed by atoms with Gasteiger partial charge in [0.05, 0.1) is 25.5 Å². The van der Waals surface area contributed by atoms with Gasteiger partial charge in [0.2, 0.25) is 0 Å². The summed E-state index contributed by atoms with van der Waals surface area (Å²) in [5.41, 5.74) is 1.25. The van der Waals surface area contributed by atoms with E-state index in [-0.39, 0.29) is 24.9 Å². The Hall–Kier alpha value is -2.26. The van der Waals surface area contributed by atoms with Crippen molar-refractivity contribution in [2.24, 2.45) is 5.92 Å². The largest absolute Gasteiger partial charge is 0.457 e. The summed E-state index contributed by atoms with van der Waals surface area (Å²) < 4.78 is 13.0. The van der Waals surface area contributed by atoms with Crippen LogP contribution in [0.3, 0.4) is 0 Å². The molecule has 0 aromatic carbocycles. The van der Waals surface area contributed by atoms with Crippen LogP contribution in [0.5, 0.6) is 0 Å². The minimum Gasteiger partial charge on any atom is -0.457 e. The third-order valence-corrected chi connectivity index (χ3v) is 4.38. The molecular weight excluding hydrogens is 302 g/mol. The average molecular weight is 319 g/mol. The fourth-order valence-corrected chi connectivity index (χ4v) is 3.32. The van der Waals surface area contributed by atoms with Crippen molar-refractivity contribution < 1.29 is 19.4 Å². The number of hydrogen-bond donors (Lipinski definition) is 1. The quantitative estimate of drug-likeness (QED) is 0.770. The molecule has 0 aliphatic carbocycles. The summed E-state index contributed by atoms with van der Waals surface area (Å²) in [6.07, 6.45) is 1.93. The Bertz CT molecular complexity index is 761. The Morgan fingerprint density at radius 3 is 2.96 bits per heavy atom. The molecule has 2 aliphatic heterocycles. The predicted molar refractivity (Wildman–Crippen MR) is 78.6 cm³/mol. The molecule has 4 rings (SSSR count). The molecule has 0 amide bonds. The molecule has 0 radical (unpaired) electrons. The third-order valence-electron chi connectivity index (χ3n) is 4.38. The van der Waals surface area contributed by atoms with Crippen molar-refractivity contribution in [2.45, 2.75) is 24.9 Å². The fourth-order valence-electron chi connectivity index (χ4n) is 3.32. The molecule has 4 heterocycles. The van der Waals surface area contributed by atoms with E-state index in [4.69, 9.17) is 9.47 Å². The van der Waals surface area contributed by atoms with Crippen LogP contribution in [0.2, 0.25) is 0 Å². The van der Waals surface area contributed by atoms with Crippen LogP contribution < -0.4 is 4.90 Å². The predicted octanol–water partition coefficient (Wildman–Crippen LogP) is -0.286. The lowest BCUT2D eigenvalue weighted by Gasteiger charge is -2.18. The molecule has 4 atom stereocenters. The number of aliphatic hydroxyl groups is 1. The number of carbonyl (C=O) groups excluding carboxylic acids is 1. The maximum Gasteiger partial charge on any atom is 0.306 e. The number of ether oxygens (including phenoxy) is 2. The molecule has 0 bridgehead atoms. The van der Waals surface area contributed by atoms with Crippen LogP contribution in [0.4, 0.5) is 5.82 Å². The van der Waals surface area contributed by atoms with E-state index >= 15 is 0 Å². The molecule has 9 nitrogen and oxygen atoms in total. The van der Waals surface area contributed by atoms with Gasteiger partial charge >= 0.3 is 5.97 Å². The lowest BCUT2D eigenvalue weighted by Crippen LogP contribution is -2.24. The van der Waals surface area contributed by atoms with E-state index in [0.717, 1.165) is 0 Å². The second-order valence-electron chi connectivity index (χ2n) is 5.99. The van der Waals surface area contributed by atoms with Gasteiger partial charge < -0.3 is 19.5 Å². The van der Waals surface area contributed by atoms with Crippen LogP contribution in [0.25, 0.3) is 11.2 Å². The highest BCUT2D eigenvalue weighted by atomic mass is 16.6. The first-order valence-electron chi connectivity index (χ1n) is 7.41. The number of imidazole rings is 1. The van der Waals surface area contributed by atoms with Gasteiger partial charge in [-0.3, -0.25) is 9.36 Å². The van der Waals surface area contributed by atoms with Crippen molar-refractivity contribution in [3.8, 4) is 0 Å². The SMILES string of the molecule is CN(C)c1ncnc2c1ncn2C1OC(CO)C2CC(=O)OC21. The molecule has 4 unspecified atom stereocenters. The van der Waals surface area contributed by atoms with Crippen molar-refractivity contribution in [3.63, 3.8) is 0 Å². The minimum atomic E-state index is -0.543. The molecule has 23 heavy (non-hydrogen) atoms. The molecule has 2 saturated heterocycles. The van der Waals surface area contributed by atoms with Gasteiger partial charge in [-0.05, 0) is 0 Å². The minimum absolute atomic E-state index is 0.148. The molecule has 2 fully saturated rings. The molecule has 2 aromatic heterocycles. The van der Waals surface area contributed by atoms with Crippen LogP contribution in [0.15, 0.2) is 12.7 Å². The number of carbonyl (C=O) groups is 1. The Balaban J connectivity index is 1.78. The number of hydrogen-bond acceptors (Lipinski definition) is 8. The zero-order valence-electron chi connectivity index (χ0n) is 12.8. The first kappa shape index (κ1) is 14.3. The molecule has 2 aromatic rings. The molecule has 122 valence electrons. The van der Waals surface area contributed by atoms with Crippen molar-refractivity contribution in [1.29, 1.82) is 0 Å². The number of esters is 1. The second-order valence-corrected chi connectivity index (χ2v) is 5.99. The van der Waals surface area contributed by atoms with Gasteiger partial charge in [-0.15, -0.1) is 0 Å². The van der Waals surface area contributed by atoms with Crippen molar-refractivity contribution in [3.05, 3.63) is 12.7 Å². The Morgan fingerprint density at radius 1 is 1.39 bits per heavy atom. The van der Waals surface area contributed by atoms with E-state index in [9.17, 15) is 9.90 Å². The summed E-state index contributed by atoms with van der Waals surface area (Å²) in [6, 6.07) is 0. The Labute approximate surface area is 131 Å². The lowest BCUT2D eigenvalue weighted by molar-refractivity contribution is -0.149.